The Bertz CT molecular complexity index is 573. The van der Waals surface area contributed by atoms with Gasteiger partial charge in [0.05, 0.1) is 11.3 Å². The van der Waals surface area contributed by atoms with Gasteiger partial charge >= 0.3 is 0 Å². The topological polar surface area (TPSA) is 36.7 Å². The van der Waals surface area contributed by atoms with Crippen molar-refractivity contribution in [3.8, 4) is 17.3 Å². The molecule has 0 saturated heterocycles. The lowest BCUT2D eigenvalue weighted by Gasteiger charge is -2.02. The Morgan fingerprint density at radius 1 is 1.12 bits per heavy atom. The first-order chi connectivity index (χ1) is 7.70. The molecule has 2 aromatic rings. The van der Waals surface area contributed by atoms with Crippen LogP contribution < -0.4 is 0 Å². The Hall–Kier alpha value is -1.56. The molecule has 0 aliphatic heterocycles. The largest absolute Gasteiger partial charge is 0.235 e. The van der Waals surface area contributed by atoms with Gasteiger partial charge in [-0.15, -0.1) is 0 Å². The van der Waals surface area contributed by atoms with E-state index >= 15 is 0 Å². The summed E-state index contributed by atoms with van der Waals surface area (Å²) in [5, 5.41) is 9.58. The maximum Gasteiger partial charge on any atom is 0.147 e. The highest BCUT2D eigenvalue weighted by Crippen LogP contribution is 2.23. The summed E-state index contributed by atoms with van der Waals surface area (Å²) in [6, 6.07) is 12.7. The smallest absolute Gasteiger partial charge is 0.147 e. The Morgan fingerprint density at radius 2 is 1.94 bits per heavy atom. The van der Waals surface area contributed by atoms with Crippen LogP contribution in [0.4, 0.5) is 0 Å². The fourth-order valence-corrected chi connectivity index (χ4v) is 1.71. The van der Waals surface area contributed by atoms with Gasteiger partial charge in [0.25, 0.3) is 0 Å². The molecule has 0 spiro atoms. The first-order valence-electron chi connectivity index (χ1n) is 4.53. The number of hydrogen-bond acceptors (Lipinski definition) is 2. The minimum absolute atomic E-state index is 0.208. The van der Waals surface area contributed by atoms with Gasteiger partial charge in [-0.3, -0.25) is 0 Å². The number of nitrogens with zero attached hydrogens (tertiary/aromatic N) is 2. The van der Waals surface area contributed by atoms with Gasteiger partial charge in [-0.2, -0.15) is 5.26 Å². The van der Waals surface area contributed by atoms with E-state index in [1.165, 1.54) is 0 Å². The van der Waals surface area contributed by atoms with E-state index in [1.54, 1.807) is 24.3 Å². The molecule has 0 radical (unpaired) electrons. The van der Waals surface area contributed by atoms with Gasteiger partial charge in [0, 0.05) is 10.6 Å². The molecule has 0 N–H and O–H groups in total. The van der Waals surface area contributed by atoms with Crippen molar-refractivity contribution < 1.29 is 0 Å². The van der Waals surface area contributed by atoms with Gasteiger partial charge in [-0.25, -0.2) is 4.98 Å². The number of pyridine rings is 1. The molecule has 0 saturated carbocycles. The van der Waals surface area contributed by atoms with E-state index < -0.39 is 0 Å². The van der Waals surface area contributed by atoms with Crippen LogP contribution >= 0.6 is 23.2 Å². The summed E-state index contributed by atoms with van der Waals surface area (Å²) < 4.78 is 0. The molecule has 2 rings (SSSR count). The molecule has 1 aromatic carbocycles. The first-order valence-corrected chi connectivity index (χ1v) is 5.29. The molecular weight excluding hydrogens is 243 g/mol. The van der Waals surface area contributed by atoms with E-state index in [2.05, 4.69) is 4.98 Å². The molecule has 0 aliphatic rings. The molecule has 1 aromatic heterocycles. The second-order valence-corrected chi connectivity index (χ2v) is 3.95. The van der Waals surface area contributed by atoms with Crippen LogP contribution in [-0.4, -0.2) is 4.98 Å². The molecule has 2 nitrogen and oxygen atoms in total. The SMILES string of the molecule is N#Cc1ccc(-c2cccc(Cl)c2)nc1Cl. The monoisotopic (exact) mass is 248 g/mol. The summed E-state index contributed by atoms with van der Waals surface area (Å²) in [7, 11) is 0. The zero-order valence-electron chi connectivity index (χ0n) is 8.11. The molecule has 0 aliphatic carbocycles. The molecule has 0 unspecified atom stereocenters. The summed E-state index contributed by atoms with van der Waals surface area (Å²) in [6.07, 6.45) is 0. The second kappa shape index (κ2) is 4.52. The maximum absolute atomic E-state index is 8.73. The quantitative estimate of drug-likeness (QED) is 0.718. The van der Waals surface area contributed by atoms with Crippen LogP contribution in [0.25, 0.3) is 11.3 Å². The van der Waals surface area contributed by atoms with Crippen LogP contribution in [0.5, 0.6) is 0 Å². The number of hydrogen-bond donors (Lipinski definition) is 0. The molecule has 0 atom stereocenters. The number of halogens is 2. The van der Waals surface area contributed by atoms with Gasteiger partial charge in [0.15, 0.2) is 0 Å². The Kier molecular flexibility index (Phi) is 3.09. The fourth-order valence-electron chi connectivity index (χ4n) is 1.33. The van der Waals surface area contributed by atoms with Crippen LogP contribution in [0.15, 0.2) is 36.4 Å². The molecule has 1 heterocycles. The predicted octanol–water partition coefficient (Wildman–Crippen LogP) is 3.93. The lowest BCUT2D eigenvalue weighted by atomic mass is 10.1. The summed E-state index contributed by atoms with van der Waals surface area (Å²) in [5.74, 6) is 0. The number of aromatic nitrogens is 1. The van der Waals surface area contributed by atoms with Gasteiger partial charge in [-0.1, -0.05) is 35.3 Å². The van der Waals surface area contributed by atoms with Crippen LogP contribution in [0, 0.1) is 11.3 Å². The standard InChI is InChI=1S/C12H6Cl2N2/c13-10-3-1-2-8(6-10)11-5-4-9(7-15)12(14)16-11/h1-6H. The normalized spacial score (nSPS) is 9.81. The van der Waals surface area contributed by atoms with Gasteiger partial charge in [-0.05, 0) is 24.3 Å². The minimum Gasteiger partial charge on any atom is -0.235 e. The van der Waals surface area contributed by atoms with E-state index in [1.807, 2.05) is 18.2 Å². The molecule has 0 bridgehead atoms. The van der Waals surface area contributed by atoms with Crippen molar-refractivity contribution in [3.05, 3.63) is 52.1 Å². The van der Waals surface area contributed by atoms with Crippen molar-refractivity contribution in [1.82, 2.24) is 4.98 Å². The van der Waals surface area contributed by atoms with Crippen LogP contribution in [0.1, 0.15) is 5.56 Å². The Morgan fingerprint density at radius 3 is 2.56 bits per heavy atom. The lowest BCUT2D eigenvalue weighted by Crippen LogP contribution is -1.87. The van der Waals surface area contributed by atoms with Crippen LogP contribution in [0.3, 0.4) is 0 Å². The minimum atomic E-state index is 0.208. The van der Waals surface area contributed by atoms with Gasteiger partial charge < -0.3 is 0 Å². The van der Waals surface area contributed by atoms with Crippen molar-refractivity contribution in [2.24, 2.45) is 0 Å². The molecule has 0 amide bonds. The van der Waals surface area contributed by atoms with E-state index in [0.29, 0.717) is 16.3 Å². The number of nitriles is 1. The zero-order chi connectivity index (χ0) is 11.5. The lowest BCUT2D eigenvalue weighted by molar-refractivity contribution is 1.30. The highest BCUT2D eigenvalue weighted by atomic mass is 35.5. The Labute approximate surface area is 103 Å². The van der Waals surface area contributed by atoms with Crippen molar-refractivity contribution in [2.75, 3.05) is 0 Å². The van der Waals surface area contributed by atoms with Gasteiger partial charge in [0.1, 0.15) is 11.2 Å². The molecular formula is C12H6Cl2N2. The third-order valence-electron chi connectivity index (χ3n) is 2.09. The molecule has 0 fully saturated rings. The third kappa shape index (κ3) is 2.16. The predicted molar refractivity (Wildman–Crippen MR) is 64.4 cm³/mol. The number of benzene rings is 1. The molecule has 4 heteroatoms. The maximum atomic E-state index is 8.73. The summed E-state index contributed by atoms with van der Waals surface area (Å²) >= 11 is 11.7. The average Bonchev–Trinajstić information content (AvgIpc) is 2.29. The Balaban J connectivity index is 2.50. The summed E-state index contributed by atoms with van der Waals surface area (Å²) in [6.45, 7) is 0. The average molecular weight is 249 g/mol. The van der Waals surface area contributed by atoms with E-state index in [4.69, 9.17) is 28.5 Å². The zero-order valence-corrected chi connectivity index (χ0v) is 9.63. The van der Waals surface area contributed by atoms with E-state index in [-0.39, 0.29) is 5.15 Å². The number of rotatable bonds is 1. The van der Waals surface area contributed by atoms with E-state index in [9.17, 15) is 0 Å². The van der Waals surface area contributed by atoms with Gasteiger partial charge in [0.2, 0.25) is 0 Å². The third-order valence-corrected chi connectivity index (χ3v) is 2.61. The summed E-state index contributed by atoms with van der Waals surface area (Å²) in [4.78, 5) is 4.14. The molecule has 78 valence electrons. The van der Waals surface area contributed by atoms with Crippen LogP contribution in [-0.2, 0) is 0 Å². The highest BCUT2D eigenvalue weighted by Gasteiger charge is 2.04. The highest BCUT2D eigenvalue weighted by molar-refractivity contribution is 6.31. The second-order valence-electron chi connectivity index (χ2n) is 3.16. The van der Waals surface area contributed by atoms with Crippen molar-refractivity contribution >= 4 is 23.2 Å². The first kappa shape index (κ1) is 10.9. The van der Waals surface area contributed by atoms with Crippen molar-refractivity contribution in [2.45, 2.75) is 0 Å². The summed E-state index contributed by atoms with van der Waals surface area (Å²) in [5.41, 5.74) is 1.94. The fraction of sp³-hybridized carbons (Fsp3) is 0. The van der Waals surface area contributed by atoms with Crippen molar-refractivity contribution in [1.29, 1.82) is 5.26 Å². The molecule has 16 heavy (non-hydrogen) atoms. The van der Waals surface area contributed by atoms with E-state index in [0.717, 1.165) is 5.56 Å². The van der Waals surface area contributed by atoms with Crippen LogP contribution in [0.2, 0.25) is 10.2 Å². The van der Waals surface area contributed by atoms with Crippen molar-refractivity contribution in [3.63, 3.8) is 0 Å².